The highest BCUT2D eigenvalue weighted by Gasteiger charge is 2.47. The number of pyridine rings is 1. The molecule has 0 spiro atoms. The van der Waals surface area contributed by atoms with Crippen LogP contribution in [-0.4, -0.2) is 110 Å². The summed E-state index contributed by atoms with van der Waals surface area (Å²) in [7, 11) is 0. The molecule has 5 fully saturated rings. The Kier molecular flexibility index (Phi) is 8.84. The quantitative estimate of drug-likeness (QED) is 0.196. The van der Waals surface area contributed by atoms with Gasteiger partial charge in [-0.25, -0.2) is 8.78 Å². The highest BCUT2D eigenvalue weighted by Crippen LogP contribution is 2.42. The number of carbonyl (C=O) groups is 2. The smallest absolute Gasteiger partial charge is 0.319 e. The van der Waals surface area contributed by atoms with Gasteiger partial charge in [-0.2, -0.15) is 9.97 Å². The Morgan fingerprint density at radius 3 is 2.53 bits per heavy atom. The summed E-state index contributed by atoms with van der Waals surface area (Å²) in [5.74, 6) is 0.920. The van der Waals surface area contributed by atoms with Crippen molar-refractivity contribution in [2.75, 3.05) is 50.8 Å². The van der Waals surface area contributed by atoms with Gasteiger partial charge in [0, 0.05) is 55.4 Å². The van der Waals surface area contributed by atoms with Gasteiger partial charge in [-0.15, -0.1) is 6.42 Å². The predicted octanol–water partition coefficient (Wildman–Crippen LogP) is 5.42. The van der Waals surface area contributed by atoms with Crippen molar-refractivity contribution in [3.8, 4) is 35.4 Å². The number of aromatic nitrogens is 3. The van der Waals surface area contributed by atoms with Crippen molar-refractivity contribution in [3.63, 3.8) is 0 Å². The molecule has 284 valence electrons. The van der Waals surface area contributed by atoms with E-state index in [2.05, 4.69) is 32.3 Å². The lowest BCUT2D eigenvalue weighted by molar-refractivity contribution is -0.142. The maximum Gasteiger partial charge on any atom is 0.319 e. The normalized spacial score (nSPS) is 23.3. The number of benzene rings is 2. The van der Waals surface area contributed by atoms with Crippen LogP contribution in [0.25, 0.3) is 32.9 Å². The van der Waals surface area contributed by atoms with Gasteiger partial charge in [-0.05, 0) is 94.1 Å². The van der Waals surface area contributed by atoms with Crippen LogP contribution < -0.4 is 9.64 Å². The molecule has 4 aromatic rings. The summed E-state index contributed by atoms with van der Waals surface area (Å²) in [6, 6.07) is 5.34. The van der Waals surface area contributed by atoms with Crippen molar-refractivity contribution >= 4 is 39.3 Å². The van der Waals surface area contributed by atoms with Crippen LogP contribution in [0.15, 0.2) is 43.1 Å². The average Bonchev–Trinajstić information content (AvgIpc) is 3.86. The maximum absolute atomic E-state index is 17.1. The minimum absolute atomic E-state index is 0.0209. The molecule has 55 heavy (non-hydrogen) atoms. The van der Waals surface area contributed by atoms with Crippen LogP contribution >= 0.6 is 0 Å². The number of likely N-dealkylation sites (tertiary alicyclic amines) is 1. The van der Waals surface area contributed by atoms with E-state index in [0.29, 0.717) is 49.4 Å². The molecule has 7 heterocycles. The van der Waals surface area contributed by atoms with Crippen LogP contribution in [0.2, 0.25) is 0 Å². The number of ether oxygens (including phenoxy) is 1. The fourth-order valence-electron chi connectivity index (χ4n) is 10.1. The first-order valence-corrected chi connectivity index (χ1v) is 19.3. The van der Waals surface area contributed by atoms with Crippen molar-refractivity contribution in [3.05, 3.63) is 60.3 Å². The van der Waals surface area contributed by atoms with E-state index >= 15 is 4.39 Å². The Balaban J connectivity index is 1.10. The number of aromatic hydroxyl groups is 1. The Morgan fingerprint density at radius 2 is 1.80 bits per heavy atom. The lowest BCUT2D eigenvalue weighted by Crippen LogP contribution is -2.58. The van der Waals surface area contributed by atoms with Crippen molar-refractivity contribution in [2.45, 2.75) is 69.0 Å². The van der Waals surface area contributed by atoms with Crippen molar-refractivity contribution < 1.29 is 28.2 Å². The van der Waals surface area contributed by atoms with E-state index in [9.17, 15) is 19.1 Å². The molecule has 2 bridgehead atoms. The first-order chi connectivity index (χ1) is 26.7. The van der Waals surface area contributed by atoms with E-state index in [4.69, 9.17) is 16.1 Å². The molecular weight excluding hydrogens is 705 g/mol. The zero-order valence-electron chi connectivity index (χ0n) is 30.6. The number of piperazine rings is 1. The van der Waals surface area contributed by atoms with E-state index in [-0.39, 0.29) is 74.8 Å². The molecule has 5 aliphatic heterocycles. The Hall–Kier alpha value is -5.35. The van der Waals surface area contributed by atoms with Gasteiger partial charge in [0.05, 0.1) is 22.4 Å². The van der Waals surface area contributed by atoms with E-state index in [1.807, 2.05) is 4.90 Å². The van der Waals surface area contributed by atoms with Crippen molar-refractivity contribution in [1.29, 1.82) is 0 Å². The number of phenols is 1. The van der Waals surface area contributed by atoms with Crippen LogP contribution in [0.1, 0.15) is 56.9 Å². The van der Waals surface area contributed by atoms with Crippen molar-refractivity contribution in [1.82, 2.24) is 29.7 Å². The molecule has 2 aromatic heterocycles. The van der Waals surface area contributed by atoms with Crippen LogP contribution in [0.4, 0.5) is 14.6 Å². The van der Waals surface area contributed by atoms with Crippen molar-refractivity contribution in [2.24, 2.45) is 5.92 Å². The van der Waals surface area contributed by atoms with Crippen LogP contribution in [0.3, 0.4) is 0 Å². The summed E-state index contributed by atoms with van der Waals surface area (Å²) in [6.45, 7) is 7.98. The second kappa shape index (κ2) is 13.7. The lowest BCUT2D eigenvalue weighted by Gasteiger charge is -2.44. The molecule has 5 aliphatic rings. The number of terminal acetylenes is 1. The number of anilines is 1. The number of carbonyl (C=O) groups excluding carboxylic acids is 2. The number of amides is 2. The summed E-state index contributed by atoms with van der Waals surface area (Å²) in [5.41, 5.74) is -0.194. The summed E-state index contributed by atoms with van der Waals surface area (Å²) in [5, 5.41) is 11.7. The van der Waals surface area contributed by atoms with Crippen LogP contribution in [-0.2, 0) is 9.59 Å². The topological polar surface area (TPSA) is 115 Å². The number of nitrogens with zero attached hydrogens (tertiary/aromatic N) is 7. The van der Waals surface area contributed by atoms with Crippen LogP contribution in [0, 0.1) is 29.9 Å². The fourth-order valence-corrected chi connectivity index (χ4v) is 10.1. The maximum atomic E-state index is 17.1. The number of hydrogen-bond donors (Lipinski definition) is 1. The molecule has 11 nitrogen and oxygen atoms in total. The first kappa shape index (κ1) is 35.4. The van der Waals surface area contributed by atoms with E-state index < -0.39 is 11.6 Å². The molecule has 2 aromatic carbocycles. The van der Waals surface area contributed by atoms with Gasteiger partial charge >= 0.3 is 6.01 Å². The molecule has 0 aliphatic carbocycles. The van der Waals surface area contributed by atoms with Gasteiger partial charge in [-0.1, -0.05) is 18.6 Å². The highest BCUT2D eigenvalue weighted by molar-refractivity contribution is 6.03. The van der Waals surface area contributed by atoms with Gasteiger partial charge in [0.2, 0.25) is 11.8 Å². The number of halogens is 2. The molecule has 9 rings (SSSR count). The van der Waals surface area contributed by atoms with Gasteiger partial charge < -0.3 is 24.5 Å². The van der Waals surface area contributed by atoms with Gasteiger partial charge in [-0.3, -0.25) is 19.5 Å². The van der Waals surface area contributed by atoms with E-state index in [1.54, 1.807) is 4.90 Å². The third-order valence-corrected chi connectivity index (χ3v) is 12.7. The van der Waals surface area contributed by atoms with E-state index in [0.717, 1.165) is 64.5 Å². The Bertz CT molecular complexity index is 2270. The summed E-state index contributed by atoms with van der Waals surface area (Å²) >= 11 is 0. The Labute approximate surface area is 318 Å². The first-order valence-electron chi connectivity index (χ1n) is 19.3. The molecule has 2 amide bonds. The van der Waals surface area contributed by atoms with Gasteiger partial charge in [0.1, 0.15) is 35.2 Å². The minimum Gasteiger partial charge on any atom is -0.508 e. The number of fused-ring (bicyclic) bond motifs is 5. The molecule has 5 saturated heterocycles. The summed E-state index contributed by atoms with van der Waals surface area (Å²) in [4.78, 5) is 48.9. The zero-order chi connectivity index (χ0) is 38.0. The molecular formula is C42H43F2N7O4. The molecule has 0 radical (unpaired) electrons. The molecule has 0 saturated carbocycles. The third kappa shape index (κ3) is 5.93. The predicted molar refractivity (Wildman–Crippen MR) is 203 cm³/mol. The molecule has 3 unspecified atom stereocenters. The number of hydrogen-bond acceptors (Lipinski definition) is 9. The minimum atomic E-state index is -0.778. The number of rotatable bonds is 7. The second-order valence-corrected chi connectivity index (χ2v) is 15.7. The second-order valence-electron chi connectivity index (χ2n) is 15.7. The zero-order valence-corrected chi connectivity index (χ0v) is 30.6. The monoisotopic (exact) mass is 747 g/mol. The molecule has 1 N–H and O–H groups in total. The number of phenolic OH excluding ortho intramolecular Hbond substituents is 1. The number of piperidine rings is 1. The Morgan fingerprint density at radius 1 is 1.04 bits per heavy atom. The molecule has 3 atom stereocenters. The fraction of sp³-hybridized carbons (Fsp3) is 0.452. The van der Waals surface area contributed by atoms with Gasteiger partial charge in [0.15, 0.2) is 5.82 Å². The highest BCUT2D eigenvalue weighted by atomic mass is 19.1. The largest absolute Gasteiger partial charge is 0.508 e. The lowest BCUT2D eigenvalue weighted by atomic mass is 9.95. The SMILES string of the molecule is C#Cc1c(F)ccc2cc(O)cc(-c3ncc4c(N5CC6CCC(C5)N6C(=O)C5CCCN(C(=O)C=C)C5)nc(OCC56CCCN5CCC6)nc4c3F)c12. The average molecular weight is 748 g/mol. The van der Waals surface area contributed by atoms with E-state index in [1.165, 1.54) is 36.5 Å². The van der Waals surface area contributed by atoms with Crippen LogP contribution in [0.5, 0.6) is 11.8 Å². The summed E-state index contributed by atoms with van der Waals surface area (Å²) < 4.78 is 38.6. The summed E-state index contributed by atoms with van der Waals surface area (Å²) in [6.07, 6.45) is 15.9. The van der Waals surface area contributed by atoms with Gasteiger partial charge in [0.25, 0.3) is 0 Å². The molecule has 13 heteroatoms. The standard InChI is InChI=1S/C42H43F2N7O4/c1-3-30-33(43)12-9-25-18-29(52)19-31(35(25)30)37-36(44)38-32(20-45-37)39(47-41(46-38)55-24-42-13-6-16-50(42)17-7-14-42)49-22-27-10-11-28(23-49)51(27)40(54)26-8-5-15-48(21-26)34(53)4-2/h1,4,9,12,18-20,26-28,52H,2,5-8,10-11,13-17,21-24H2. The third-order valence-electron chi connectivity index (χ3n) is 12.7.